The number of nitrogens with zero attached hydrogens (tertiary/aromatic N) is 3. The van der Waals surface area contributed by atoms with E-state index in [1.807, 2.05) is 36.1 Å². The third kappa shape index (κ3) is 3.81. The lowest BCUT2D eigenvalue weighted by atomic mass is 9.95. The number of methoxy groups -OCH3 is 1. The van der Waals surface area contributed by atoms with E-state index in [-0.39, 0.29) is 17.5 Å². The molecule has 4 rings (SSSR count). The molecule has 3 aromatic rings. The van der Waals surface area contributed by atoms with E-state index in [0.717, 1.165) is 29.7 Å². The summed E-state index contributed by atoms with van der Waals surface area (Å²) in [5.74, 6) is 1.60. The number of benzene rings is 2. The molecule has 1 aromatic heterocycles. The number of carbonyl (C=O) groups is 1. The molecule has 1 aliphatic heterocycles. The molecule has 0 radical (unpaired) electrons. The number of rotatable bonds is 4. The minimum Gasteiger partial charge on any atom is -0.497 e. The topological polar surface area (TPSA) is 80.2 Å². The molecule has 150 valence electrons. The van der Waals surface area contributed by atoms with Crippen molar-refractivity contribution in [2.45, 2.75) is 25.7 Å². The number of amides is 1. The number of carbonyl (C=O) groups excluding carboxylic acids is 1. The highest BCUT2D eigenvalue weighted by Crippen LogP contribution is 2.26. The van der Waals surface area contributed by atoms with Gasteiger partial charge in [0.25, 0.3) is 5.91 Å². The molecule has 1 saturated heterocycles. The molecule has 1 N–H and O–H groups in total. The Balaban J connectivity index is 1.46. The van der Waals surface area contributed by atoms with Gasteiger partial charge in [0, 0.05) is 24.6 Å². The Morgan fingerprint density at radius 3 is 2.45 bits per heavy atom. The van der Waals surface area contributed by atoms with E-state index in [1.165, 1.54) is 4.68 Å². The molecule has 0 spiro atoms. The maximum atomic E-state index is 12.8. The quantitative estimate of drug-likeness (QED) is 0.740. The molecule has 7 heteroatoms. The smallest absolute Gasteiger partial charge is 0.348 e. The fraction of sp³-hybridized carbons (Fsp3) is 0.318. The summed E-state index contributed by atoms with van der Waals surface area (Å²) in [5, 5.41) is 4.51. The van der Waals surface area contributed by atoms with Crippen molar-refractivity contribution in [1.82, 2.24) is 19.7 Å². The molecule has 1 amide bonds. The number of aromatic amines is 1. The van der Waals surface area contributed by atoms with Gasteiger partial charge in [-0.05, 0) is 55.7 Å². The molecule has 0 bridgehead atoms. The summed E-state index contributed by atoms with van der Waals surface area (Å²) in [5.41, 5.74) is 2.17. The maximum absolute atomic E-state index is 12.8. The number of ether oxygens (including phenoxy) is 1. The Bertz CT molecular complexity index is 1060. The Kier molecular flexibility index (Phi) is 5.20. The molecule has 0 aliphatic carbocycles. The highest BCUT2D eigenvalue weighted by molar-refractivity contribution is 5.95. The van der Waals surface area contributed by atoms with Crippen molar-refractivity contribution < 1.29 is 9.53 Å². The molecule has 0 atom stereocenters. The molecular formula is C22H24N4O3. The lowest BCUT2D eigenvalue weighted by molar-refractivity contribution is 0.0710. The van der Waals surface area contributed by atoms with Gasteiger partial charge in [0.15, 0.2) is 0 Å². The van der Waals surface area contributed by atoms with E-state index in [0.29, 0.717) is 24.6 Å². The standard InChI is InChI=1S/C22H24N4O3/c1-15-5-3-4-6-19(15)21(27)25-13-11-16(12-14-25)20-23-22(28)26(24-20)17-7-9-18(29-2)10-8-17/h3-10,16H,11-14H2,1-2H3,(H,23,24,28). The minimum absolute atomic E-state index is 0.0683. The molecule has 1 fully saturated rings. The molecule has 2 heterocycles. The second-order valence-electron chi connectivity index (χ2n) is 7.31. The lowest BCUT2D eigenvalue weighted by Crippen LogP contribution is -2.38. The van der Waals surface area contributed by atoms with E-state index in [1.54, 1.807) is 31.4 Å². The number of likely N-dealkylation sites (tertiary alicyclic amines) is 1. The first kappa shape index (κ1) is 19.0. The summed E-state index contributed by atoms with van der Waals surface area (Å²) in [6.45, 7) is 3.25. The van der Waals surface area contributed by atoms with Crippen LogP contribution in [0.15, 0.2) is 53.3 Å². The van der Waals surface area contributed by atoms with E-state index in [4.69, 9.17) is 4.74 Å². The monoisotopic (exact) mass is 392 g/mol. The predicted octanol–water partition coefficient (Wildman–Crippen LogP) is 2.90. The first-order valence-electron chi connectivity index (χ1n) is 9.75. The van der Waals surface area contributed by atoms with E-state index >= 15 is 0 Å². The Labute approximate surface area is 168 Å². The Hall–Kier alpha value is -3.35. The van der Waals surface area contributed by atoms with Crippen LogP contribution >= 0.6 is 0 Å². The van der Waals surface area contributed by atoms with Crippen LogP contribution in [0.2, 0.25) is 0 Å². The van der Waals surface area contributed by atoms with Crippen molar-refractivity contribution in [3.8, 4) is 11.4 Å². The minimum atomic E-state index is -0.261. The third-order valence-corrected chi connectivity index (χ3v) is 5.50. The van der Waals surface area contributed by atoms with Crippen LogP contribution in [0.3, 0.4) is 0 Å². The largest absolute Gasteiger partial charge is 0.497 e. The van der Waals surface area contributed by atoms with Gasteiger partial charge in [0.1, 0.15) is 11.6 Å². The average Bonchev–Trinajstić information content (AvgIpc) is 3.15. The lowest BCUT2D eigenvalue weighted by Gasteiger charge is -2.31. The van der Waals surface area contributed by atoms with Crippen molar-refractivity contribution in [2.75, 3.05) is 20.2 Å². The summed E-state index contributed by atoms with van der Waals surface area (Å²) in [6.07, 6.45) is 1.54. The van der Waals surface area contributed by atoms with Crippen LogP contribution in [-0.2, 0) is 0 Å². The average molecular weight is 392 g/mol. The Morgan fingerprint density at radius 2 is 1.79 bits per heavy atom. The molecule has 0 saturated carbocycles. The Morgan fingerprint density at radius 1 is 1.10 bits per heavy atom. The second-order valence-corrected chi connectivity index (χ2v) is 7.31. The SMILES string of the molecule is COc1ccc(-n2nc(C3CCN(C(=O)c4ccccc4C)CC3)[nH]c2=O)cc1. The third-order valence-electron chi connectivity index (χ3n) is 5.50. The zero-order valence-electron chi connectivity index (χ0n) is 16.6. The fourth-order valence-corrected chi connectivity index (χ4v) is 3.76. The van der Waals surface area contributed by atoms with Gasteiger partial charge in [-0.3, -0.25) is 9.78 Å². The van der Waals surface area contributed by atoms with Gasteiger partial charge in [0.05, 0.1) is 12.8 Å². The number of aryl methyl sites for hydroxylation is 1. The van der Waals surface area contributed by atoms with Gasteiger partial charge in [-0.1, -0.05) is 18.2 Å². The number of nitrogens with one attached hydrogen (secondary N) is 1. The van der Waals surface area contributed by atoms with Gasteiger partial charge in [-0.2, -0.15) is 4.68 Å². The van der Waals surface area contributed by atoms with Gasteiger partial charge in [-0.15, -0.1) is 5.10 Å². The normalized spacial score (nSPS) is 14.8. The van der Waals surface area contributed by atoms with E-state index in [2.05, 4.69) is 10.1 Å². The van der Waals surface area contributed by atoms with Crippen molar-refractivity contribution in [2.24, 2.45) is 0 Å². The summed E-state index contributed by atoms with van der Waals surface area (Å²) < 4.78 is 6.53. The number of hydrogen-bond donors (Lipinski definition) is 1. The van der Waals surface area contributed by atoms with Crippen LogP contribution in [0, 0.1) is 6.92 Å². The van der Waals surface area contributed by atoms with Crippen LogP contribution < -0.4 is 10.4 Å². The van der Waals surface area contributed by atoms with Crippen LogP contribution in [0.5, 0.6) is 5.75 Å². The van der Waals surface area contributed by atoms with Crippen LogP contribution in [0.25, 0.3) is 5.69 Å². The van der Waals surface area contributed by atoms with Gasteiger partial charge in [0.2, 0.25) is 0 Å². The number of hydrogen-bond acceptors (Lipinski definition) is 4. The molecule has 1 aliphatic rings. The number of H-pyrrole nitrogens is 1. The summed E-state index contributed by atoms with van der Waals surface area (Å²) >= 11 is 0. The fourth-order valence-electron chi connectivity index (χ4n) is 3.76. The van der Waals surface area contributed by atoms with Crippen LogP contribution in [0.1, 0.15) is 40.5 Å². The van der Waals surface area contributed by atoms with Crippen molar-refractivity contribution >= 4 is 5.91 Å². The van der Waals surface area contributed by atoms with E-state index in [9.17, 15) is 9.59 Å². The van der Waals surface area contributed by atoms with Crippen LogP contribution in [0.4, 0.5) is 0 Å². The number of aromatic nitrogens is 3. The summed E-state index contributed by atoms with van der Waals surface area (Å²) in [7, 11) is 1.60. The zero-order valence-corrected chi connectivity index (χ0v) is 16.6. The number of piperidine rings is 1. The molecule has 2 aromatic carbocycles. The van der Waals surface area contributed by atoms with Gasteiger partial charge in [-0.25, -0.2) is 4.79 Å². The van der Waals surface area contributed by atoms with Gasteiger partial charge < -0.3 is 9.64 Å². The van der Waals surface area contributed by atoms with E-state index < -0.39 is 0 Å². The maximum Gasteiger partial charge on any atom is 0.348 e. The first-order valence-corrected chi connectivity index (χ1v) is 9.75. The second kappa shape index (κ2) is 7.95. The highest BCUT2D eigenvalue weighted by atomic mass is 16.5. The van der Waals surface area contributed by atoms with Crippen LogP contribution in [-0.4, -0.2) is 45.8 Å². The van der Waals surface area contributed by atoms with Crippen molar-refractivity contribution in [3.63, 3.8) is 0 Å². The predicted molar refractivity (Wildman–Crippen MR) is 110 cm³/mol. The first-order chi connectivity index (χ1) is 14.1. The van der Waals surface area contributed by atoms with Gasteiger partial charge >= 0.3 is 5.69 Å². The highest BCUT2D eigenvalue weighted by Gasteiger charge is 2.27. The van der Waals surface area contributed by atoms with Crippen molar-refractivity contribution in [3.05, 3.63) is 76.0 Å². The zero-order chi connectivity index (χ0) is 20.4. The molecular weight excluding hydrogens is 368 g/mol. The van der Waals surface area contributed by atoms with Crippen molar-refractivity contribution in [1.29, 1.82) is 0 Å². The molecule has 7 nitrogen and oxygen atoms in total. The summed E-state index contributed by atoms with van der Waals surface area (Å²) in [6, 6.07) is 14.9. The summed E-state index contributed by atoms with van der Waals surface area (Å²) in [4.78, 5) is 30.0. The molecule has 29 heavy (non-hydrogen) atoms. The molecule has 0 unspecified atom stereocenters.